The highest BCUT2D eigenvalue weighted by Gasteiger charge is 2.40. The van der Waals surface area contributed by atoms with E-state index in [1.54, 1.807) is 30.5 Å². The number of esters is 1. The first kappa shape index (κ1) is 19.0. The van der Waals surface area contributed by atoms with Crippen LogP contribution in [-0.4, -0.2) is 29.0 Å². The fourth-order valence-electron chi connectivity index (χ4n) is 3.33. The molecule has 0 saturated heterocycles. The molecule has 0 aliphatic heterocycles. The Morgan fingerprint density at radius 2 is 1.59 bits per heavy atom. The first-order valence-electron chi connectivity index (χ1n) is 9.02. The van der Waals surface area contributed by atoms with E-state index in [9.17, 15) is 9.59 Å². The third-order valence-electron chi connectivity index (χ3n) is 5.23. The van der Waals surface area contributed by atoms with Gasteiger partial charge in [0, 0.05) is 16.5 Å². The first-order chi connectivity index (χ1) is 12.6. The smallest absolute Gasteiger partial charge is 0.337 e. The number of methoxy groups -OCH3 is 1. The molecule has 1 N–H and O–H groups in total. The Balaban J connectivity index is 1.85. The van der Waals surface area contributed by atoms with E-state index in [2.05, 4.69) is 47.7 Å². The molecule has 2 aromatic rings. The number of anilines is 1. The SMILES string of the molecule is COC(=O)c1ccc(NC(=O)c2cnc3c(n2)C(C)(C)CCC3(C)C)cc1. The molecule has 1 aliphatic rings. The van der Waals surface area contributed by atoms with E-state index in [4.69, 9.17) is 0 Å². The number of aromatic nitrogens is 2. The van der Waals surface area contributed by atoms with Crippen LogP contribution in [0, 0.1) is 0 Å². The number of hydrogen-bond donors (Lipinski definition) is 1. The first-order valence-corrected chi connectivity index (χ1v) is 9.02. The Bertz CT molecular complexity index is 886. The third kappa shape index (κ3) is 3.70. The molecular formula is C21H25N3O3. The summed E-state index contributed by atoms with van der Waals surface area (Å²) in [5.41, 5.74) is 2.99. The van der Waals surface area contributed by atoms with E-state index in [0.29, 0.717) is 11.3 Å². The van der Waals surface area contributed by atoms with Crippen LogP contribution in [0.3, 0.4) is 0 Å². The van der Waals surface area contributed by atoms with Crippen molar-refractivity contribution in [3.8, 4) is 0 Å². The molecular weight excluding hydrogens is 342 g/mol. The van der Waals surface area contributed by atoms with Gasteiger partial charge in [-0.3, -0.25) is 9.78 Å². The molecule has 1 heterocycles. The van der Waals surface area contributed by atoms with E-state index < -0.39 is 5.97 Å². The molecule has 0 bridgehead atoms. The maximum absolute atomic E-state index is 12.6. The maximum atomic E-state index is 12.6. The van der Waals surface area contributed by atoms with Crippen LogP contribution in [-0.2, 0) is 15.6 Å². The van der Waals surface area contributed by atoms with Gasteiger partial charge in [-0.2, -0.15) is 0 Å². The summed E-state index contributed by atoms with van der Waals surface area (Å²) >= 11 is 0. The Kier molecular flexibility index (Phi) is 4.76. The Morgan fingerprint density at radius 3 is 2.19 bits per heavy atom. The molecule has 0 radical (unpaired) electrons. The van der Waals surface area contributed by atoms with Gasteiger partial charge in [0.1, 0.15) is 5.69 Å². The number of nitrogens with one attached hydrogen (secondary N) is 1. The van der Waals surface area contributed by atoms with Gasteiger partial charge in [-0.15, -0.1) is 0 Å². The van der Waals surface area contributed by atoms with Gasteiger partial charge in [0.15, 0.2) is 0 Å². The summed E-state index contributed by atoms with van der Waals surface area (Å²) in [7, 11) is 1.33. The fourth-order valence-corrected chi connectivity index (χ4v) is 3.33. The van der Waals surface area contributed by atoms with Gasteiger partial charge in [0.05, 0.1) is 30.3 Å². The predicted molar refractivity (Wildman–Crippen MR) is 103 cm³/mol. The van der Waals surface area contributed by atoms with Crippen LogP contribution < -0.4 is 5.32 Å². The summed E-state index contributed by atoms with van der Waals surface area (Å²) in [5.74, 6) is -0.742. The van der Waals surface area contributed by atoms with E-state index in [-0.39, 0.29) is 22.4 Å². The molecule has 1 aromatic carbocycles. The number of benzene rings is 1. The van der Waals surface area contributed by atoms with Crippen molar-refractivity contribution in [2.75, 3.05) is 12.4 Å². The normalized spacial score (nSPS) is 16.9. The van der Waals surface area contributed by atoms with Crippen LogP contribution in [0.5, 0.6) is 0 Å². The Morgan fingerprint density at radius 1 is 1.00 bits per heavy atom. The summed E-state index contributed by atoms with van der Waals surface area (Å²) in [5, 5.41) is 2.80. The lowest BCUT2D eigenvalue weighted by molar-refractivity contribution is 0.0600. The molecule has 27 heavy (non-hydrogen) atoms. The number of fused-ring (bicyclic) bond motifs is 1. The van der Waals surface area contributed by atoms with Crippen LogP contribution in [0.15, 0.2) is 30.5 Å². The van der Waals surface area contributed by atoms with Crippen molar-refractivity contribution in [2.24, 2.45) is 0 Å². The minimum absolute atomic E-state index is 0.0451. The number of hydrogen-bond acceptors (Lipinski definition) is 5. The highest BCUT2D eigenvalue weighted by Crippen LogP contribution is 2.43. The third-order valence-corrected chi connectivity index (χ3v) is 5.23. The molecule has 3 rings (SSSR count). The molecule has 6 nitrogen and oxygen atoms in total. The lowest BCUT2D eigenvalue weighted by atomic mass is 9.67. The number of rotatable bonds is 3. The highest BCUT2D eigenvalue weighted by molar-refractivity contribution is 6.03. The summed E-state index contributed by atoms with van der Waals surface area (Å²) in [4.78, 5) is 33.4. The van der Waals surface area contributed by atoms with E-state index in [0.717, 1.165) is 24.2 Å². The van der Waals surface area contributed by atoms with Gasteiger partial charge in [-0.05, 0) is 37.1 Å². The predicted octanol–water partition coefficient (Wildman–Crippen LogP) is 3.86. The fraction of sp³-hybridized carbons (Fsp3) is 0.429. The highest BCUT2D eigenvalue weighted by atomic mass is 16.5. The van der Waals surface area contributed by atoms with Gasteiger partial charge < -0.3 is 10.1 Å². The molecule has 0 atom stereocenters. The van der Waals surface area contributed by atoms with Crippen LogP contribution >= 0.6 is 0 Å². The second-order valence-corrected chi connectivity index (χ2v) is 8.24. The second kappa shape index (κ2) is 6.76. The zero-order chi connectivity index (χ0) is 19.8. The molecule has 1 aromatic heterocycles. The van der Waals surface area contributed by atoms with Gasteiger partial charge in [-0.25, -0.2) is 9.78 Å². The van der Waals surface area contributed by atoms with Gasteiger partial charge in [0.25, 0.3) is 5.91 Å². The summed E-state index contributed by atoms with van der Waals surface area (Å²) in [6.07, 6.45) is 3.58. The van der Waals surface area contributed by atoms with Crippen LogP contribution in [0.1, 0.15) is 72.8 Å². The lowest BCUT2D eigenvalue weighted by Crippen LogP contribution is -2.36. The molecule has 6 heteroatoms. The van der Waals surface area contributed by atoms with E-state index in [1.807, 2.05) is 0 Å². The lowest BCUT2D eigenvalue weighted by Gasteiger charge is -2.39. The van der Waals surface area contributed by atoms with Gasteiger partial charge in [0.2, 0.25) is 0 Å². The number of carbonyl (C=O) groups excluding carboxylic acids is 2. The van der Waals surface area contributed by atoms with Crippen molar-refractivity contribution in [2.45, 2.75) is 51.4 Å². The van der Waals surface area contributed by atoms with Crippen LogP contribution in [0.2, 0.25) is 0 Å². The Labute approximate surface area is 159 Å². The monoisotopic (exact) mass is 367 g/mol. The minimum atomic E-state index is -0.418. The second-order valence-electron chi connectivity index (χ2n) is 8.24. The Hall–Kier alpha value is -2.76. The number of ether oxygens (including phenoxy) is 1. The summed E-state index contributed by atoms with van der Waals surface area (Å²) in [6.45, 7) is 8.61. The molecule has 0 fully saturated rings. The number of carbonyl (C=O) groups is 2. The van der Waals surface area contributed by atoms with Crippen molar-refractivity contribution in [1.29, 1.82) is 0 Å². The average molecular weight is 367 g/mol. The van der Waals surface area contributed by atoms with Crippen molar-refractivity contribution in [3.63, 3.8) is 0 Å². The molecule has 0 saturated carbocycles. The van der Waals surface area contributed by atoms with Crippen molar-refractivity contribution in [3.05, 3.63) is 53.1 Å². The zero-order valence-electron chi connectivity index (χ0n) is 16.4. The van der Waals surface area contributed by atoms with E-state index >= 15 is 0 Å². The molecule has 142 valence electrons. The van der Waals surface area contributed by atoms with Crippen molar-refractivity contribution in [1.82, 2.24) is 9.97 Å². The largest absolute Gasteiger partial charge is 0.465 e. The number of amides is 1. The molecule has 0 unspecified atom stereocenters. The average Bonchev–Trinajstić information content (AvgIpc) is 2.65. The van der Waals surface area contributed by atoms with Crippen molar-refractivity contribution >= 4 is 17.6 Å². The standard InChI is InChI=1S/C21H25N3O3/c1-20(2)10-11-21(3,4)17-16(20)22-12-15(24-17)18(25)23-14-8-6-13(7-9-14)19(26)27-5/h6-9,12H,10-11H2,1-5H3,(H,23,25). The number of nitrogens with zero attached hydrogens (tertiary/aromatic N) is 2. The quantitative estimate of drug-likeness (QED) is 0.833. The zero-order valence-corrected chi connectivity index (χ0v) is 16.4. The summed E-state index contributed by atoms with van der Waals surface area (Å²) < 4.78 is 4.67. The van der Waals surface area contributed by atoms with Gasteiger partial charge >= 0.3 is 5.97 Å². The molecule has 1 aliphatic carbocycles. The van der Waals surface area contributed by atoms with Crippen LogP contribution in [0.4, 0.5) is 5.69 Å². The van der Waals surface area contributed by atoms with E-state index in [1.165, 1.54) is 7.11 Å². The molecule has 0 spiro atoms. The van der Waals surface area contributed by atoms with Crippen molar-refractivity contribution < 1.29 is 14.3 Å². The summed E-state index contributed by atoms with van der Waals surface area (Å²) in [6, 6.07) is 6.52. The van der Waals surface area contributed by atoms with Crippen LogP contribution in [0.25, 0.3) is 0 Å². The minimum Gasteiger partial charge on any atom is -0.465 e. The topological polar surface area (TPSA) is 81.2 Å². The van der Waals surface area contributed by atoms with Gasteiger partial charge in [-0.1, -0.05) is 27.7 Å². The maximum Gasteiger partial charge on any atom is 0.337 e. The molecule has 1 amide bonds.